The minimum Gasteiger partial charge on any atom is -0.314 e. The maximum absolute atomic E-state index is 4.19. The van der Waals surface area contributed by atoms with Crippen molar-refractivity contribution in [1.29, 1.82) is 0 Å². The molecule has 1 atom stereocenters. The van der Waals surface area contributed by atoms with Gasteiger partial charge in [0.1, 0.15) is 0 Å². The Morgan fingerprint density at radius 2 is 2.38 bits per heavy atom. The molecule has 0 aliphatic heterocycles. The quantitative estimate of drug-likeness (QED) is 0.761. The van der Waals surface area contributed by atoms with E-state index in [0.29, 0.717) is 6.04 Å². The number of nitrogens with one attached hydrogen (secondary N) is 1. The number of hydrogen-bond donors (Lipinski definition) is 1. The van der Waals surface area contributed by atoms with Crippen LogP contribution >= 0.6 is 0 Å². The first-order valence-corrected chi connectivity index (χ1v) is 6.50. The summed E-state index contributed by atoms with van der Waals surface area (Å²) >= 11 is 0. The highest BCUT2D eigenvalue weighted by molar-refractivity contribution is 5.10. The standard InChI is InChI=1S/C14H22N2/c1-2-7-16-14(9-12-5-6-12)10-13-4-3-8-15-11-13/h3-4,8,11-12,14,16H,2,5-7,9-10H2,1H3. The Kier molecular flexibility index (Phi) is 4.34. The zero-order valence-corrected chi connectivity index (χ0v) is 10.2. The summed E-state index contributed by atoms with van der Waals surface area (Å²) in [6.45, 7) is 3.36. The average molecular weight is 218 g/mol. The van der Waals surface area contributed by atoms with Crippen LogP contribution in [0.4, 0.5) is 0 Å². The van der Waals surface area contributed by atoms with Gasteiger partial charge >= 0.3 is 0 Å². The number of rotatable bonds is 7. The monoisotopic (exact) mass is 218 g/mol. The first kappa shape index (κ1) is 11.6. The van der Waals surface area contributed by atoms with Crippen molar-refractivity contribution in [1.82, 2.24) is 10.3 Å². The van der Waals surface area contributed by atoms with Crippen LogP contribution in [0.2, 0.25) is 0 Å². The van der Waals surface area contributed by atoms with Gasteiger partial charge in [-0.25, -0.2) is 0 Å². The van der Waals surface area contributed by atoms with Crippen molar-refractivity contribution in [3.8, 4) is 0 Å². The molecule has 1 aromatic rings. The van der Waals surface area contributed by atoms with Crippen LogP contribution in [0, 0.1) is 5.92 Å². The summed E-state index contributed by atoms with van der Waals surface area (Å²) in [5, 5.41) is 3.66. The molecular weight excluding hydrogens is 196 g/mol. The normalized spacial score (nSPS) is 17.3. The molecule has 0 amide bonds. The number of nitrogens with zero attached hydrogens (tertiary/aromatic N) is 1. The molecule has 16 heavy (non-hydrogen) atoms. The van der Waals surface area contributed by atoms with Crippen LogP contribution in [0.15, 0.2) is 24.5 Å². The van der Waals surface area contributed by atoms with Gasteiger partial charge in [0, 0.05) is 18.4 Å². The van der Waals surface area contributed by atoms with E-state index in [1.807, 2.05) is 18.5 Å². The summed E-state index contributed by atoms with van der Waals surface area (Å²) in [6.07, 6.45) is 10.4. The minimum absolute atomic E-state index is 0.650. The van der Waals surface area contributed by atoms with Gasteiger partial charge in [0.25, 0.3) is 0 Å². The molecule has 0 bridgehead atoms. The molecule has 1 aliphatic rings. The topological polar surface area (TPSA) is 24.9 Å². The fourth-order valence-electron chi connectivity index (χ4n) is 2.15. The third-order valence-corrected chi connectivity index (χ3v) is 3.20. The van der Waals surface area contributed by atoms with E-state index in [0.717, 1.165) is 18.9 Å². The van der Waals surface area contributed by atoms with Gasteiger partial charge < -0.3 is 5.32 Å². The Balaban J connectivity index is 1.84. The van der Waals surface area contributed by atoms with E-state index < -0.39 is 0 Å². The van der Waals surface area contributed by atoms with Crippen molar-refractivity contribution in [3.05, 3.63) is 30.1 Å². The van der Waals surface area contributed by atoms with Crippen LogP contribution in [0.3, 0.4) is 0 Å². The lowest BCUT2D eigenvalue weighted by molar-refractivity contribution is 0.454. The summed E-state index contributed by atoms with van der Waals surface area (Å²) in [5.41, 5.74) is 1.36. The molecule has 0 aromatic carbocycles. The van der Waals surface area contributed by atoms with Gasteiger partial charge in [-0.3, -0.25) is 4.98 Å². The summed E-state index contributed by atoms with van der Waals surface area (Å²) in [5.74, 6) is 0.992. The van der Waals surface area contributed by atoms with Crippen LogP contribution in [0.5, 0.6) is 0 Å². The molecule has 1 unspecified atom stereocenters. The molecule has 2 heteroatoms. The molecule has 1 aliphatic carbocycles. The molecule has 2 rings (SSSR count). The lowest BCUT2D eigenvalue weighted by Crippen LogP contribution is -2.32. The maximum atomic E-state index is 4.19. The van der Waals surface area contributed by atoms with Crippen LogP contribution in [0.1, 0.15) is 38.2 Å². The number of aromatic nitrogens is 1. The van der Waals surface area contributed by atoms with Crippen LogP contribution in [0.25, 0.3) is 0 Å². The second-order valence-corrected chi connectivity index (χ2v) is 4.90. The van der Waals surface area contributed by atoms with Crippen LogP contribution in [-0.2, 0) is 6.42 Å². The number of hydrogen-bond acceptors (Lipinski definition) is 2. The smallest absolute Gasteiger partial charge is 0.0300 e. The predicted octanol–water partition coefficient (Wildman–Crippen LogP) is 2.79. The van der Waals surface area contributed by atoms with Crippen molar-refractivity contribution in [3.63, 3.8) is 0 Å². The van der Waals surface area contributed by atoms with E-state index in [1.54, 1.807) is 0 Å². The second-order valence-electron chi connectivity index (χ2n) is 4.90. The van der Waals surface area contributed by atoms with E-state index >= 15 is 0 Å². The fraction of sp³-hybridized carbons (Fsp3) is 0.643. The molecule has 1 N–H and O–H groups in total. The van der Waals surface area contributed by atoms with E-state index in [9.17, 15) is 0 Å². The van der Waals surface area contributed by atoms with Crippen molar-refractivity contribution in [2.75, 3.05) is 6.54 Å². The molecular formula is C14H22N2. The molecule has 0 saturated heterocycles. The molecule has 0 spiro atoms. The summed E-state index contributed by atoms with van der Waals surface area (Å²) < 4.78 is 0. The SMILES string of the molecule is CCCNC(Cc1cccnc1)CC1CC1. The zero-order chi connectivity index (χ0) is 11.2. The average Bonchev–Trinajstić information content (AvgIpc) is 3.11. The Labute approximate surface area is 98.5 Å². The third kappa shape index (κ3) is 3.93. The van der Waals surface area contributed by atoms with Gasteiger partial charge in [-0.1, -0.05) is 25.8 Å². The van der Waals surface area contributed by atoms with Crippen molar-refractivity contribution >= 4 is 0 Å². The van der Waals surface area contributed by atoms with Gasteiger partial charge in [-0.2, -0.15) is 0 Å². The highest BCUT2D eigenvalue weighted by atomic mass is 14.9. The van der Waals surface area contributed by atoms with Gasteiger partial charge in [0.15, 0.2) is 0 Å². The molecule has 1 aromatic heterocycles. The van der Waals surface area contributed by atoms with Gasteiger partial charge in [-0.15, -0.1) is 0 Å². The fourth-order valence-corrected chi connectivity index (χ4v) is 2.15. The maximum Gasteiger partial charge on any atom is 0.0300 e. The Hall–Kier alpha value is -0.890. The van der Waals surface area contributed by atoms with Crippen molar-refractivity contribution < 1.29 is 0 Å². The lowest BCUT2D eigenvalue weighted by atomic mass is 10.0. The van der Waals surface area contributed by atoms with E-state index in [4.69, 9.17) is 0 Å². The first-order valence-electron chi connectivity index (χ1n) is 6.50. The summed E-state index contributed by atoms with van der Waals surface area (Å²) in [4.78, 5) is 4.19. The second kappa shape index (κ2) is 6.00. The molecule has 1 saturated carbocycles. The third-order valence-electron chi connectivity index (χ3n) is 3.20. The highest BCUT2D eigenvalue weighted by Gasteiger charge is 2.25. The molecule has 88 valence electrons. The van der Waals surface area contributed by atoms with Gasteiger partial charge in [0.05, 0.1) is 0 Å². The summed E-state index contributed by atoms with van der Waals surface area (Å²) in [6, 6.07) is 4.86. The van der Waals surface area contributed by atoms with Crippen LogP contribution < -0.4 is 5.32 Å². The van der Waals surface area contributed by atoms with E-state index in [2.05, 4.69) is 23.3 Å². The Morgan fingerprint density at radius 1 is 1.50 bits per heavy atom. The van der Waals surface area contributed by atoms with Crippen LogP contribution in [-0.4, -0.2) is 17.6 Å². The first-order chi connectivity index (χ1) is 7.88. The van der Waals surface area contributed by atoms with Gasteiger partial charge in [-0.05, 0) is 43.4 Å². The molecule has 2 nitrogen and oxygen atoms in total. The Bertz CT molecular complexity index is 293. The molecule has 1 heterocycles. The van der Waals surface area contributed by atoms with E-state index in [1.165, 1.54) is 31.2 Å². The van der Waals surface area contributed by atoms with Gasteiger partial charge in [0.2, 0.25) is 0 Å². The number of pyridine rings is 1. The highest BCUT2D eigenvalue weighted by Crippen LogP contribution is 2.34. The lowest BCUT2D eigenvalue weighted by Gasteiger charge is -2.18. The molecule has 0 radical (unpaired) electrons. The Morgan fingerprint density at radius 3 is 3.00 bits per heavy atom. The van der Waals surface area contributed by atoms with Crippen molar-refractivity contribution in [2.24, 2.45) is 5.92 Å². The molecule has 1 fully saturated rings. The largest absolute Gasteiger partial charge is 0.314 e. The summed E-state index contributed by atoms with van der Waals surface area (Å²) in [7, 11) is 0. The zero-order valence-electron chi connectivity index (χ0n) is 10.2. The van der Waals surface area contributed by atoms with E-state index in [-0.39, 0.29) is 0 Å². The predicted molar refractivity (Wildman–Crippen MR) is 67.4 cm³/mol. The van der Waals surface area contributed by atoms with Crippen molar-refractivity contribution in [2.45, 2.75) is 45.1 Å². The minimum atomic E-state index is 0.650.